The fourth-order valence-corrected chi connectivity index (χ4v) is 5.40. The number of aliphatic hydroxyl groups excluding tert-OH is 1. The number of likely N-dealkylation sites (N-methyl/N-ethyl adjacent to an activating group) is 1. The van der Waals surface area contributed by atoms with Crippen LogP contribution in [0.4, 0.5) is 10.5 Å². The molecule has 1 heterocycles. The van der Waals surface area contributed by atoms with Crippen molar-refractivity contribution in [2.75, 3.05) is 31.5 Å². The summed E-state index contributed by atoms with van der Waals surface area (Å²) in [5, 5.41) is 12.7. The third kappa shape index (κ3) is 7.86. The van der Waals surface area contributed by atoms with Crippen LogP contribution in [0, 0.1) is 12.8 Å². The number of hydrogen-bond donors (Lipinski definition) is 3. The number of sulfonamides is 1. The monoisotopic (exact) mass is 560 g/mol. The first-order chi connectivity index (χ1) is 18.3. The third-order valence-electron chi connectivity index (χ3n) is 6.71. The summed E-state index contributed by atoms with van der Waals surface area (Å²) in [6.07, 6.45) is -0.510. The second kappa shape index (κ2) is 12.7. The highest BCUT2D eigenvalue weighted by atomic mass is 32.2. The molecule has 2 aromatic rings. The van der Waals surface area contributed by atoms with Crippen molar-refractivity contribution in [3.63, 3.8) is 0 Å². The fraction of sp³-hybridized carbons (Fsp3) is 0.500. The van der Waals surface area contributed by atoms with E-state index >= 15 is 0 Å². The van der Waals surface area contributed by atoms with E-state index in [-0.39, 0.29) is 48.4 Å². The Hall–Kier alpha value is -3.31. The lowest BCUT2D eigenvalue weighted by Gasteiger charge is -2.34. The number of anilines is 1. The summed E-state index contributed by atoms with van der Waals surface area (Å²) in [5.41, 5.74) is 1.75. The Morgan fingerprint density at radius 1 is 1.18 bits per heavy atom. The van der Waals surface area contributed by atoms with Gasteiger partial charge in [0.1, 0.15) is 11.9 Å². The Kier molecular flexibility index (Phi) is 9.84. The lowest BCUT2D eigenvalue weighted by Crippen LogP contribution is -2.49. The summed E-state index contributed by atoms with van der Waals surface area (Å²) in [6.45, 7) is 9.73. The van der Waals surface area contributed by atoms with Crippen LogP contribution in [0.3, 0.4) is 0 Å². The number of aryl methyl sites for hydroxylation is 1. The normalized spacial score (nSPS) is 18.8. The maximum atomic E-state index is 13.4. The van der Waals surface area contributed by atoms with E-state index in [9.17, 15) is 23.1 Å². The van der Waals surface area contributed by atoms with Crippen LogP contribution in [0.2, 0.25) is 0 Å². The first kappa shape index (κ1) is 30.2. The topological polar surface area (TPSA) is 128 Å². The van der Waals surface area contributed by atoms with Gasteiger partial charge in [-0.1, -0.05) is 24.6 Å². The number of nitrogens with zero attached hydrogens (tertiary/aromatic N) is 2. The summed E-state index contributed by atoms with van der Waals surface area (Å²) >= 11 is 0. The molecule has 0 bridgehead atoms. The van der Waals surface area contributed by atoms with Crippen molar-refractivity contribution < 1.29 is 27.9 Å². The third-order valence-corrected chi connectivity index (χ3v) is 8.11. The summed E-state index contributed by atoms with van der Waals surface area (Å²) in [7, 11) is -2.16. The van der Waals surface area contributed by atoms with E-state index in [1.165, 1.54) is 12.1 Å². The molecule has 3 atom stereocenters. The number of ether oxygens (including phenoxy) is 1. The van der Waals surface area contributed by atoms with Gasteiger partial charge in [-0.15, -0.1) is 0 Å². The van der Waals surface area contributed by atoms with E-state index in [4.69, 9.17) is 4.74 Å². The Bertz CT molecular complexity index is 1270. The average molecular weight is 561 g/mol. The van der Waals surface area contributed by atoms with Crippen LogP contribution in [0.15, 0.2) is 47.4 Å². The SMILES string of the molecule is Cc1ccc(S(=O)(=O)Nc2ccc3c(c2)CC(=O)N([C@@H](C)CO)C[C@H](C)[C@@H](CN(C)C(=O)NC(C)C)O3)cc1. The molecule has 0 aromatic heterocycles. The van der Waals surface area contributed by atoms with E-state index < -0.39 is 22.2 Å². The van der Waals surface area contributed by atoms with Gasteiger partial charge in [-0.25, -0.2) is 13.2 Å². The molecule has 214 valence electrons. The second-order valence-corrected chi connectivity index (χ2v) is 12.3. The maximum Gasteiger partial charge on any atom is 0.317 e. The average Bonchev–Trinajstić information content (AvgIpc) is 2.91. The minimum Gasteiger partial charge on any atom is -0.488 e. The molecule has 10 nitrogen and oxygen atoms in total. The molecule has 0 saturated heterocycles. The number of rotatable bonds is 8. The molecule has 0 aliphatic carbocycles. The zero-order chi connectivity index (χ0) is 28.9. The number of carbonyl (C=O) groups is 2. The summed E-state index contributed by atoms with van der Waals surface area (Å²) < 4.78 is 34.9. The first-order valence-corrected chi connectivity index (χ1v) is 14.6. The Morgan fingerprint density at radius 3 is 2.46 bits per heavy atom. The number of hydrogen-bond acceptors (Lipinski definition) is 6. The molecule has 0 spiro atoms. The van der Waals surface area contributed by atoms with Gasteiger partial charge in [-0.05, 0) is 58.0 Å². The van der Waals surface area contributed by atoms with Gasteiger partial charge in [0, 0.05) is 36.8 Å². The minimum atomic E-state index is -3.85. The van der Waals surface area contributed by atoms with E-state index in [0.29, 0.717) is 23.5 Å². The van der Waals surface area contributed by atoms with Crippen molar-refractivity contribution in [2.45, 2.75) is 64.1 Å². The van der Waals surface area contributed by atoms with Crippen LogP contribution >= 0.6 is 0 Å². The molecular formula is C28H40N4O6S. The molecule has 3 amide bonds. The van der Waals surface area contributed by atoms with E-state index in [1.54, 1.807) is 54.1 Å². The van der Waals surface area contributed by atoms with Crippen LogP contribution < -0.4 is 14.8 Å². The molecule has 0 saturated carbocycles. The first-order valence-electron chi connectivity index (χ1n) is 13.1. The molecule has 0 fully saturated rings. The number of carbonyl (C=O) groups excluding carboxylic acids is 2. The molecule has 0 unspecified atom stereocenters. The highest BCUT2D eigenvalue weighted by Crippen LogP contribution is 2.30. The van der Waals surface area contributed by atoms with Crippen LogP contribution in [-0.2, 0) is 21.2 Å². The highest BCUT2D eigenvalue weighted by molar-refractivity contribution is 7.92. The van der Waals surface area contributed by atoms with Crippen molar-refractivity contribution in [3.05, 3.63) is 53.6 Å². The molecule has 0 radical (unpaired) electrons. The zero-order valence-electron chi connectivity index (χ0n) is 23.5. The second-order valence-electron chi connectivity index (χ2n) is 10.6. The van der Waals surface area contributed by atoms with E-state index in [1.807, 2.05) is 27.7 Å². The molecule has 3 rings (SSSR count). The quantitative estimate of drug-likeness (QED) is 0.455. The summed E-state index contributed by atoms with van der Waals surface area (Å²) in [4.78, 5) is 29.3. The summed E-state index contributed by atoms with van der Waals surface area (Å²) in [6, 6.07) is 10.7. The predicted molar refractivity (Wildman–Crippen MR) is 150 cm³/mol. The van der Waals surface area contributed by atoms with Gasteiger partial charge in [0.05, 0.1) is 30.5 Å². The molecule has 1 aliphatic rings. The van der Waals surface area contributed by atoms with Gasteiger partial charge in [-0.2, -0.15) is 0 Å². The standard InChI is InChI=1S/C28H40N4O6S/c1-18(2)29-28(35)31(6)16-26-20(4)15-32(21(5)17-33)27(34)14-22-13-23(9-12-25(22)38-26)30-39(36,37)24-10-7-19(3)8-11-24/h7-13,18,20-21,26,30,33H,14-17H2,1-6H3,(H,29,35)/t20-,21-,26+/m0/s1. The van der Waals surface area contributed by atoms with Crippen LogP contribution in [-0.4, -0.2) is 80.2 Å². The molecular weight excluding hydrogens is 520 g/mol. The van der Waals surface area contributed by atoms with Gasteiger partial charge in [0.25, 0.3) is 10.0 Å². The molecule has 1 aliphatic heterocycles. The van der Waals surface area contributed by atoms with Gasteiger partial charge in [0.15, 0.2) is 0 Å². The lowest BCUT2D eigenvalue weighted by molar-refractivity contribution is -0.134. The molecule has 39 heavy (non-hydrogen) atoms. The van der Waals surface area contributed by atoms with Gasteiger partial charge in [0.2, 0.25) is 5.91 Å². The van der Waals surface area contributed by atoms with Gasteiger partial charge >= 0.3 is 6.03 Å². The zero-order valence-corrected chi connectivity index (χ0v) is 24.3. The van der Waals surface area contributed by atoms with Crippen LogP contribution in [0.25, 0.3) is 0 Å². The smallest absolute Gasteiger partial charge is 0.317 e. The Morgan fingerprint density at radius 2 is 1.85 bits per heavy atom. The maximum absolute atomic E-state index is 13.4. The van der Waals surface area contributed by atoms with Crippen LogP contribution in [0.1, 0.15) is 38.8 Å². The van der Waals surface area contributed by atoms with Crippen molar-refractivity contribution in [1.82, 2.24) is 15.1 Å². The van der Waals surface area contributed by atoms with Crippen molar-refractivity contribution >= 4 is 27.6 Å². The molecule has 11 heteroatoms. The van der Waals surface area contributed by atoms with Crippen molar-refractivity contribution in [2.24, 2.45) is 5.92 Å². The summed E-state index contributed by atoms with van der Waals surface area (Å²) in [5.74, 6) is 0.0518. The van der Waals surface area contributed by atoms with E-state index in [0.717, 1.165) is 5.56 Å². The molecule has 3 N–H and O–H groups in total. The van der Waals surface area contributed by atoms with Crippen LogP contribution in [0.5, 0.6) is 5.75 Å². The number of fused-ring (bicyclic) bond motifs is 1. The van der Waals surface area contributed by atoms with E-state index in [2.05, 4.69) is 10.0 Å². The number of aliphatic hydroxyl groups is 1. The highest BCUT2D eigenvalue weighted by Gasteiger charge is 2.32. The number of nitrogens with one attached hydrogen (secondary N) is 2. The largest absolute Gasteiger partial charge is 0.488 e. The lowest BCUT2D eigenvalue weighted by atomic mass is 10.0. The van der Waals surface area contributed by atoms with Crippen molar-refractivity contribution in [1.29, 1.82) is 0 Å². The Balaban J connectivity index is 1.95. The van der Waals surface area contributed by atoms with Gasteiger partial charge in [-0.3, -0.25) is 9.52 Å². The van der Waals surface area contributed by atoms with Crippen molar-refractivity contribution in [3.8, 4) is 5.75 Å². The molecule has 2 aromatic carbocycles. The number of benzene rings is 2. The number of amides is 3. The minimum absolute atomic E-state index is 0.0276. The van der Waals surface area contributed by atoms with Gasteiger partial charge < -0.3 is 25.0 Å². The fourth-order valence-electron chi connectivity index (χ4n) is 4.35. The number of urea groups is 1. The Labute approximate surface area is 231 Å². The predicted octanol–water partition coefficient (Wildman–Crippen LogP) is 2.99.